The van der Waals surface area contributed by atoms with E-state index < -0.39 is 0 Å². The van der Waals surface area contributed by atoms with E-state index in [0.29, 0.717) is 12.5 Å². The van der Waals surface area contributed by atoms with Crippen molar-refractivity contribution in [1.29, 1.82) is 0 Å². The monoisotopic (exact) mass is 343 g/mol. The molecule has 0 N–H and O–H groups in total. The van der Waals surface area contributed by atoms with Crippen LogP contribution in [0, 0.1) is 6.92 Å². The molecule has 0 spiro atoms. The average molecular weight is 343 g/mol. The molecule has 25 heavy (non-hydrogen) atoms. The van der Waals surface area contributed by atoms with Gasteiger partial charge in [-0.2, -0.15) is 4.98 Å². The van der Waals surface area contributed by atoms with Gasteiger partial charge in [0.15, 0.2) is 0 Å². The van der Waals surface area contributed by atoms with E-state index in [1.165, 1.54) is 0 Å². The fraction of sp³-hybridized carbons (Fsp3) is 0.500. The number of aromatic nitrogens is 3. The molecule has 0 bridgehead atoms. The van der Waals surface area contributed by atoms with Gasteiger partial charge in [-0.25, -0.2) is 4.98 Å². The highest BCUT2D eigenvalue weighted by molar-refractivity contribution is 5.33. The second-order valence-corrected chi connectivity index (χ2v) is 6.03. The van der Waals surface area contributed by atoms with Gasteiger partial charge in [0.05, 0.1) is 19.4 Å². The van der Waals surface area contributed by atoms with Gasteiger partial charge in [0, 0.05) is 62.8 Å². The van der Waals surface area contributed by atoms with E-state index in [2.05, 4.69) is 24.8 Å². The van der Waals surface area contributed by atoms with Crippen LogP contribution in [0.25, 0.3) is 0 Å². The molecule has 0 saturated carbocycles. The van der Waals surface area contributed by atoms with Crippen LogP contribution in [-0.4, -0.2) is 59.7 Å². The summed E-state index contributed by atoms with van der Waals surface area (Å²) >= 11 is 0. The quantitative estimate of drug-likeness (QED) is 0.794. The number of hydrogen-bond acceptors (Lipinski definition) is 7. The van der Waals surface area contributed by atoms with Crippen LogP contribution < -0.4 is 14.4 Å². The highest BCUT2D eigenvalue weighted by atomic mass is 16.5. The third-order valence-corrected chi connectivity index (χ3v) is 4.17. The Bertz CT molecular complexity index is 702. The fourth-order valence-electron chi connectivity index (χ4n) is 2.95. The third kappa shape index (κ3) is 4.57. The molecule has 2 aromatic rings. The summed E-state index contributed by atoms with van der Waals surface area (Å²) in [5, 5.41) is 0. The largest absolute Gasteiger partial charge is 0.497 e. The van der Waals surface area contributed by atoms with E-state index >= 15 is 0 Å². The first-order chi connectivity index (χ1) is 12.2. The van der Waals surface area contributed by atoms with Crippen molar-refractivity contribution in [2.45, 2.75) is 20.4 Å². The highest BCUT2D eigenvalue weighted by Crippen LogP contribution is 2.18. The number of rotatable bonds is 6. The maximum atomic E-state index is 5.46. The number of anilines is 1. The minimum absolute atomic E-state index is 0.608. The van der Waals surface area contributed by atoms with E-state index in [4.69, 9.17) is 9.47 Å². The molecule has 0 radical (unpaired) electrons. The summed E-state index contributed by atoms with van der Waals surface area (Å²) in [6.45, 7) is 9.04. The molecule has 3 heterocycles. The molecule has 1 aliphatic rings. The Labute approximate surface area is 148 Å². The summed E-state index contributed by atoms with van der Waals surface area (Å²) in [4.78, 5) is 18.1. The second kappa shape index (κ2) is 8.11. The topological polar surface area (TPSA) is 63.6 Å². The molecule has 0 aliphatic carbocycles. The molecule has 1 saturated heterocycles. The van der Waals surface area contributed by atoms with E-state index in [9.17, 15) is 0 Å². The summed E-state index contributed by atoms with van der Waals surface area (Å²) in [6, 6.07) is 5.75. The Morgan fingerprint density at radius 1 is 1.12 bits per heavy atom. The average Bonchev–Trinajstić information content (AvgIpc) is 2.62. The number of methoxy groups -OCH3 is 1. The van der Waals surface area contributed by atoms with E-state index in [0.717, 1.165) is 55.8 Å². The molecule has 7 heteroatoms. The number of nitrogens with zero attached hydrogens (tertiary/aromatic N) is 5. The van der Waals surface area contributed by atoms with E-state index in [1.807, 2.05) is 26.0 Å². The summed E-state index contributed by atoms with van der Waals surface area (Å²) in [5.74, 6) is 2.23. The van der Waals surface area contributed by atoms with Crippen LogP contribution in [0.5, 0.6) is 11.6 Å². The van der Waals surface area contributed by atoms with Gasteiger partial charge >= 0.3 is 0 Å². The molecular weight excluding hydrogens is 318 g/mol. The van der Waals surface area contributed by atoms with E-state index in [1.54, 1.807) is 19.4 Å². The fourth-order valence-corrected chi connectivity index (χ4v) is 2.95. The standard InChI is InChI=1S/C18H25N5O2/c1-4-25-17-5-6-19-18(21-17)23-9-7-22(8-10-23)13-15-12-16(24-3)11-14(2)20-15/h5-6,11-12H,4,7-10,13H2,1-3H3. The second-order valence-electron chi connectivity index (χ2n) is 6.03. The maximum Gasteiger partial charge on any atom is 0.228 e. The van der Waals surface area contributed by atoms with Crippen molar-refractivity contribution in [3.8, 4) is 11.6 Å². The Hall–Kier alpha value is -2.41. The van der Waals surface area contributed by atoms with Crippen LogP contribution in [0.3, 0.4) is 0 Å². The normalized spacial score (nSPS) is 15.2. The lowest BCUT2D eigenvalue weighted by Crippen LogP contribution is -2.46. The lowest BCUT2D eigenvalue weighted by molar-refractivity contribution is 0.245. The number of aryl methyl sites for hydroxylation is 1. The lowest BCUT2D eigenvalue weighted by atomic mass is 10.2. The van der Waals surface area contributed by atoms with Gasteiger partial charge < -0.3 is 14.4 Å². The minimum atomic E-state index is 0.608. The van der Waals surface area contributed by atoms with Gasteiger partial charge in [-0.3, -0.25) is 9.88 Å². The van der Waals surface area contributed by atoms with Crippen LogP contribution >= 0.6 is 0 Å². The Morgan fingerprint density at radius 3 is 2.64 bits per heavy atom. The summed E-state index contributed by atoms with van der Waals surface area (Å²) in [5.41, 5.74) is 2.02. The van der Waals surface area contributed by atoms with Crippen LogP contribution in [0.1, 0.15) is 18.3 Å². The first-order valence-corrected chi connectivity index (χ1v) is 8.62. The lowest BCUT2D eigenvalue weighted by Gasteiger charge is -2.34. The van der Waals surface area contributed by atoms with Gasteiger partial charge in [-0.15, -0.1) is 0 Å². The van der Waals surface area contributed by atoms with Crippen molar-refractivity contribution >= 4 is 5.95 Å². The number of hydrogen-bond donors (Lipinski definition) is 0. The van der Waals surface area contributed by atoms with E-state index in [-0.39, 0.29) is 0 Å². The van der Waals surface area contributed by atoms with Crippen LogP contribution in [-0.2, 0) is 6.54 Å². The molecule has 0 amide bonds. The van der Waals surface area contributed by atoms with Crippen LogP contribution in [0.2, 0.25) is 0 Å². The smallest absolute Gasteiger partial charge is 0.228 e. The predicted octanol–water partition coefficient (Wildman–Crippen LogP) is 1.91. The Balaban J connectivity index is 1.58. The molecule has 134 valence electrons. The number of piperazine rings is 1. The molecule has 1 aliphatic heterocycles. The minimum Gasteiger partial charge on any atom is -0.497 e. The molecule has 0 unspecified atom stereocenters. The van der Waals surface area contributed by atoms with Crippen LogP contribution in [0.15, 0.2) is 24.4 Å². The summed E-state index contributed by atoms with van der Waals surface area (Å²) in [7, 11) is 1.69. The van der Waals surface area contributed by atoms with Crippen molar-refractivity contribution in [1.82, 2.24) is 19.9 Å². The molecule has 2 aromatic heterocycles. The van der Waals surface area contributed by atoms with Crippen molar-refractivity contribution < 1.29 is 9.47 Å². The highest BCUT2D eigenvalue weighted by Gasteiger charge is 2.20. The van der Waals surface area contributed by atoms with Gasteiger partial charge in [0.25, 0.3) is 0 Å². The van der Waals surface area contributed by atoms with Gasteiger partial charge in [0.1, 0.15) is 5.75 Å². The summed E-state index contributed by atoms with van der Waals surface area (Å²) in [6.07, 6.45) is 1.75. The molecule has 1 fully saturated rings. The predicted molar refractivity (Wildman–Crippen MR) is 96.2 cm³/mol. The van der Waals surface area contributed by atoms with Crippen molar-refractivity contribution in [2.24, 2.45) is 0 Å². The molecule has 0 atom stereocenters. The number of pyridine rings is 1. The molecule has 7 nitrogen and oxygen atoms in total. The van der Waals surface area contributed by atoms with Gasteiger partial charge in [-0.05, 0) is 13.8 Å². The van der Waals surface area contributed by atoms with Crippen molar-refractivity contribution in [3.63, 3.8) is 0 Å². The molecular formula is C18H25N5O2. The Kier molecular flexibility index (Phi) is 5.65. The zero-order valence-electron chi connectivity index (χ0n) is 15.1. The first kappa shape index (κ1) is 17.4. The SMILES string of the molecule is CCOc1ccnc(N2CCN(Cc3cc(OC)cc(C)n3)CC2)n1. The summed E-state index contributed by atoms with van der Waals surface area (Å²) < 4.78 is 10.8. The third-order valence-electron chi connectivity index (χ3n) is 4.17. The van der Waals surface area contributed by atoms with Crippen molar-refractivity contribution in [3.05, 3.63) is 35.8 Å². The maximum absolute atomic E-state index is 5.46. The molecule has 0 aromatic carbocycles. The van der Waals surface area contributed by atoms with Crippen LogP contribution in [0.4, 0.5) is 5.95 Å². The van der Waals surface area contributed by atoms with Crippen molar-refractivity contribution in [2.75, 3.05) is 44.8 Å². The Morgan fingerprint density at radius 2 is 1.92 bits per heavy atom. The zero-order valence-corrected chi connectivity index (χ0v) is 15.1. The molecule has 3 rings (SSSR count). The zero-order chi connectivity index (χ0) is 17.6. The van der Waals surface area contributed by atoms with Gasteiger partial charge in [0.2, 0.25) is 11.8 Å². The number of ether oxygens (including phenoxy) is 2. The first-order valence-electron chi connectivity index (χ1n) is 8.62. The van der Waals surface area contributed by atoms with Gasteiger partial charge in [-0.1, -0.05) is 0 Å².